The van der Waals surface area contributed by atoms with Gasteiger partial charge in [0.25, 0.3) is 0 Å². The minimum absolute atomic E-state index is 0.239. The third-order valence-electron chi connectivity index (χ3n) is 4.07. The maximum atomic E-state index is 12.0. The smallest absolute Gasteiger partial charge is 0.320 e. The van der Waals surface area contributed by atoms with Crippen molar-refractivity contribution in [2.45, 2.75) is 31.7 Å². The SMILES string of the molecule is O=C(Nc1ccc2ncc(-c3cnoc3)nc2n1)NC1CCCC1. The Kier molecular flexibility index (Phi) is 3.78. The maximum Gasteiger partial charge on any atom is 0.320 e. The van der Waals surface area contributed by atoms with E-state index in [1.54, 1.807) is 24.5 Å². The van der Waals surface area contributed by atoms with Crippen molar-refractivity contribution >= 4 is 23.0 Å². The normalized spacial score (nSPS) is 14.8. The summed E-state index contributed by atoms with van der Waals surface area (Å²) in [7, 11) is 0. The topological polar surface area (TPSA) is 106 Å². The first-order valence-electron chi connectivity index (χ1n) is 7.89. The van der Waals surface area contributed by atoms with E-state index in [0.717, 1.165) is 18.4 Å². The lowest BCUT2D eigenvalue weighted by Gasteiger charge is -2.12. The number of rotatable bonds is 3. The van der Waals surface area contributed by atoms with Crippen LogP contribution >= 0.6 is 0 Å². The molecule has 0 atom stereocenters. The van der Waals surface area contributed by atoms with Crippen molar-refractivity contribution < 1.29 is 9.32 Å². The molecule has 0 aliphatic heterocycles. The van der Waals surface area contributed by atoms with Crippen LogP contribution in [0, 0.1) is 0 Å². The summed E-state index contributed by atoms with van der Waals surface area (Å²) in [6.07, 6.45) is 9.09. The first-order chi connectivity index (χ1) is 11.8. The minimum Gasteiger partial charge on any atom is -0.364 e. The number of aromatic nitrogens is 4. The molecule has 1 aliphatic rings. The number of urea groups is 1. The number of nitrogens with zero attached hydrogens (tertiary/aromatic N) is 4. The van der Waals surface area contributed by atoms with Crippen LogP contribution in [0.4, 0.5) is 10.6 Å². The second kappa shape index (κ2) is 6.23. The first kappa shape index (κ1) is 14.6. The summed E-state index contributed by atoms with van der Waals surface area (Å²) in [5, 5.41) is 9.37. The molecule has 2 amide bonds. The molecular weight excluding hydrogens is 308 g/mol. The van der Waals surface area contributed by atoms with Crippen LogP contribution in [0.2, 0.25) is 0 Å². The second-order valence-electron chi connectivity index (χ2n) is 5.79. The Morgan fingerprint density at radius 1 is 1.17 bits per heavy atom. The highest BCUT2D eigenvalue weighted by Crippen LogP contribution is 2.19. The average Bonchev–Trinajstić information content (AvgIpc) is 3.27. The summed E-state index contributed by atoms with van der Waals surface area (Å²) in [4.78, 5) is 25.2. The zero-order valence-corrected chi connectivity index (χ0v) is 12.9. The first-order valence-corrected chi connectivity index (χ1v) is 7.89. The van der Waals surface area contributed by atoms with Gasteiger partial charge in [0.2, 0.25) is 0 Å². The summed E-state index contributed by atoms with van der Waals surface area (Å²) in [6, 6.07) is 3.50. The van der Waals surface area contributed by atoms with E-state index in [2.05, 4.69) is 30.7 Å². The fourth-order valence-corrected chi connectivity index (χ4v) is 2.85. The Balaban J connectivity index is 1.54. The molecule has 3 heterocycles. The van der Waals surface area contributed by atoms with Crippen molar-refractivity contribution in [1.29, 1.82) is 0 Å². The van der Waals surface area contributed by atoms with E-state index in [9.17, 15) is 4.79 Å². The molecule has 3 aromatic heterocycles. The number of hydrogen-bond acceptors (Lipinski definition) is 6. The van der Waals surface area contributed by atoms with Crippen molar-refractivity contribution in [3.05, 3.63) is 30.8 Å². The molecule has 0 unspecified atom stereocenters. The number of carbonyl (C=O) groups is 1. The van der Waals surface area contributed by atoms with Gasteiger partial charge in [-0.15, -0.1) is 0 Å². The molecule has 8 nitrogen and oxygen atoms in total. The monoisotopic (exact) mass is 324 g/mol. The summed E-state index contributed by atoms with van der Waals surface area (Å²) in [5.74, 6) is 0.440. The second-order valence-corrected chi connectivity index (χ2v) is 5.79. The Morgan fingerprint density at radius 2 is 2.04 bits per heavy atom. The van der Waals surface area contributed by atoms with Gasteiger partial charge in [-0.2, -0.15) is 0 Å². The molecule has 1 aliphatic carbocycles. The van der Waals surface area contributed by atoms with E-state index in [-0.39, 0.29) is 12.1 Å². The maximum absolute atomic E-state index is 12.0. The van der Waals surface area contributed by atoms with Crippen LogP contribution in [0.5, 0.6) is 0 Å². The third kappa shape index (κ3) is 3.03. The molecule has 0 radical (unpaired) electrons. The lowest BCUT2D eigenvalue weighted by Crippen LogP contribution is -2.36. The number of anilines is 1. The molecule has 0 spiro atoms. The van der Waals surface area contributed by atoms with Crippen molar-refractivity contribution in [1.82, 2.24) is 25.4 Å². The molecule has 0 saturated heterocycles. The van der Waals surface area contributed by atoms with E-state index < -0.39 is 0 Å². The van der Waals surface area contributed by atoms with Gasteiger partial charge < -0.3 is 9.84 Å². The predicted octanol–water partition coefficient (Wildman–Crippen LogP) is 2.74. The molecule has 8 heteroatoms. The number of fused-ring (bicyclic) bond motifs is 1. The number of amides is 2. The Labute approximate surface area is 137 Å². The van der Waals surface area contributed by atoms with Crippen molar-refractivity contribution in [3.8, 4) is 11.3 Å². The van der Waals surface area contributed by atoms with Crippen LogP contribution in [0.3, 0.4) is 0 Å². The third-order valence-corrected chi connectivity index (χ3v) is 4.07. The fraction of sp³-hybridized carbons (Fsp3) is 0.312. The Hall–Kier alpha value is -3.03. The van der Waals surface area contributed by atoms with Crippen LogP contribution in [-0.2, 0) is 0 Å². The van der Waals surface area contributed by atoms with Crippen LogP contribution in [0.15, 0.2) is 35.3 Å². The Morgan fingerprint density at radius 3 is 2.83 bits per heavy atom. The molecule has 3 aromatic rings. The Bertz CT molecular complexity index is 858. The van der Waals surface area contributed by atoms with Gasteiger partial charge >= 0.3 is 6.03 Å². The van der Waals surface area contributed by atoms with Gasteiger partial charge in [0.15, 0.2) is 5.65 Å². The van der Waals surface area contributed by atoms with E-state index in [1.807, 2.05) is 0 Å². The standard InChI is InChI=1S/C16H16N6O2/c23-16(19-11-3-1-2-4-11)22-14-6-5-12-15(21-14)20-13(8-17-12)10-7-18-24-9-10/h5-9,11H,1-4H2,(H2,19,20,21,22,23). The highest BCUT2D eigenvalue weighted by molar-refractivity contribution is 5.89. The molecule has 1 fully saturated rings. The molecule has 122 valence electrons. The van der Waals surface area contributed by atoms with Gasteiger partial charge in [0.1, 0.15) is 17.6 Å². The summed E-state index contributed by atoms with van der Waals surface area (Å²) >= 11 is 0. The summed E-state index contributed by atoms with van der Waals surface area (Å²) in [5.41, 5.74) is 2.44. The number of nitrogens with one attached hydrogen (secondary N) is 2. The number of pyridine rings is 1. The number of carbonyl (C=O) groups excluding carboxylic acids is 1. The van der Waals surface area contributed by atoms with Crippen LogP contribution in [-0.4, -0.2) is 32.2 Å². The number of hydrogen-bond donors (Lipinski definition) is 2. The zero-order valence-electron chi connectivity index (χ0n) is 12.9. The quantitative estimate of drug-likeness (QED) is 0.767. The summed E-state index contributed by atoms with van der Waals surface area (Å²) in [6.45, 7) is 0. The van der Waals surface area contributed by atoms with E-state index in [0.29, 0.717) is 22.7 Å². The largest absolute Gasteiger partial charge is 0.364 e. The highest BCUT2D eigenvalue weighted by atomic mass is 16.5. The van der Waals surface area contributed by atoms with Crippen molar-refractivity contribution in [2.75, 3.05) is 5.32 Å². The molecular formula is C16H16N6O2. The molecule has 1 saturated carbocycles. The summed E-state index contributed by atoms with van der Waals surface area (Å²) < 4.78 is 4.82. The molecule has 2 N–H and O–H groups in total. The van der Waals surface area contributed by atoms with Gasteiger partial charge in [0, 0.05) is 6.04 Å². The van der Waals surface area contributed by atoms with Crippen molar-refractivity contribution in [3.63, 3.8) is 0 Å². The molecule has 0 aromatic carbocycles. The van der Waals surface area contributed by atoms with Gasteiger partial charge in [-0.1, -0.05) is 18.0 Å². The van der Waals surface area contributed by atoms with E-state index >= 15 is 0 Å². The van der Waals surface area contributed by atoms with Crippen LogP contribution in [0.25, 0.3) is 22.4 Å². The average molecular weight is 324 g/mol. The van der Waals surface area contributed by atoms with E-state index in [1.165, 1.54) is 19.1 Å². The van der Waals surface area contributed by atoms with Gasteiger partial charge in [0.05, 0.1) is 23.7 Å². The molecule has 24 heavy (non-hydrogen) atoms. The van der Waals surface area contributed by atoms with Crippen molar-refractivity contribution in [2.24, 2.45) is 0 Å². The predicted molar refractivity (Wildman–Crippen MR) is 87.2 cm³/mol. The lowest BCUT2D eigenvalue weighted by atomic mass is 10.2. The van der Waals surface area contributed by atoms with Gasteiger partial charge in [-0.25, -0.2) is 14.8 Å². The molecule has 4 rings (SSSR count). The van der Waals surface area contributed by atoms with E-state index in [4.69, 9.17) is 4.52 Å². The van der Waals surface area contributed by atoms with Gasteiger partial charge in [-0.3, -0.25) is 10.3 Å². The highest BCUT2D eigenvalue weighted by Gasteiger charge is 2.17. The zero-order chi connectivity index (χ0) is 16.4. The minimum atomic E-state index is -0.239. The lowest BCUT2D eigenvalue weighted by molar-refractivity contribution is 0.248. The van der Waals surface area contributed by atoms with Crippen LogP contribution < -0.4 is 10.6 Å². The van der Waals surface area contributed by atoms with Gasteiger partial charge in [-0.05, 0) is 25.0 Å². The molecule has 0 bridgehead atoms. The fourth-order valence-electron chi connectivity index (χ4n) is 2.85. The van der Waals surface area contributed by atoms with Crippen LogP contribution in [0.1, 0.15) is 25.7 Å².